The second kappa shape index (κ2) is 6.47. The largest absolute Gasteiger partial charge is 0.468 e. The molecule has 0 fully saturated rings. The SMILES string of the molecule is Cc1occc1SCCNCc1cccnc1. The average molecular weight is 248 g/mol. The Hall–Kier alpha value is -1.26. The summed E-state index contributed by atoms with van der Waals surface area (Å²) < 4.78 is 5.24. The molecule has 90 valence electrons. The van der Waals surface area contributed by atoms with Gasteiger partial charge < -0.3 is 9.73 Å². The van der Waals surface area contributed by atoms with Gasteiger partial charge in [0, 0.05) is 36.1 Å². The summed E-state index contributed by atoms with van der Waals surface area (Å²) in [6.45, 7) is 3.84. The molecule has 0 amide bonds. The second-order valence-corrected chi connectivity index (χ2v) is 4.86. The first-order valence-corrected chi connectivity index (χ1v) is 6.61. The van der Waals surface area contributed by atoms with E-state index < -0.39 is 0 Å². The molecule has 0 atom stereocenters. The first-order chi connectivity index (χ1) is 8.36. The molecule has 0 spiro atoms. The van der Waals surface area contributed by atoms with Crippen LogP contribution in [0.3, 0.4) is 0 Å². The smallest absolute Gasteiger partial charge is 0.114 e. The first-order valence-electron chi connectivity index (χ1n) is 5.63. The first kappa shape index (κ1) is 12.2. The summed E-state index contributed by atoms with van der Waals surface area (Å²) in [6.07, 6.45) is 5.42. The van der Waals surface area contributed by atoms with E-state index in [1.165, 1.54) is 10.5 Å². The van der Waals surface area contributed by atoms with Crippen molar-refractivity contribution < 1.29 is 4.42 Å². The molecular weight excluding hydrogens is 232 g/mol. The number of nitrogens with zero attached hydrogens (tertiary/aromatic N) is 1. The fraction of sp³-hybridized carbons (Fsp3) is 0.308. The maximum Gasteiger partial charge on any atom is 0.114 e. The van der Waals surface area contributed by atoms with Crippen LogP contribution in [0, 0.1) is 6.92 Å². The third-order valence-electron chi connectivity index (χ3n) is 2.40. The molecule has 2 rings (SSSR count). The summed E-state index contributed by atoms with van der Waals surface area (Å²) in [7, 11) is 0. The zero-order valence-corrected chi connectivity index (χ0v) is 10.7. The number of pyridine rings is 1. The van der Waals surface area contributed by atoms with Crippen LogP contribution in [0.1, 0.15) is 11.3 Å². The Balaban J connectivity index is 1.63. The Morgan fingerprint density at radius 2 is 2.35 bits per heavy atom. The van der Waals surface area contributed by atoms with Gasteiger partial charge in [0.2, 0.25) is 0 Å². The lowest BCUT2D eigenvalue weighted by Gasteiger charge is -2.03. The molecule has 0 aliphatic carbocycles. The van der Waals surface area contributed by atoms with Gasteiger partial charge in [-0.25, -0.2) is 0 Å². The molecule has 4 heteroatoms. The van der Waals surface area contributed by atoms with Crippen LogP contribution < -0.4 is 5.32 Å². The minimum absolute atomic E-state index is 0.874. The summed E-state index contributed by atoms with van der Waals surface area (Å²) in [5, 5.41) is 3.39. The van der Waals surface area contributed by atoms with Gasteiger partial charge in [0.05, 0.1) is 6.26 Å². The van der Waals surface area contributed by atoms with Crippen molar-refractivity contribution in [1.29, 1.82) is 0 Å². The molecule has 2 aromatic rings. The molecule has 17 heavy (non-hydrogen) atoms. The maximum atomic E-state index is 5.24. The fourth-order valence-electron chi connectivity index (χ4n) is 1.49. The highest BCUT2D eigenvalue weighted by molar-refractivity contribution is 7.99. The molecule has 2 heterocycles. The lowest BCUT2D eigenvalue weighted by molar-refractivity contribution is 0.527. The standard InChI is InChI=1S/C13H16N2OS/c1-11-13(4-7-16-11)17-8-6-15-10-12-3-2-5-14-9-12/h2-5,7,9,15H,6,8,10H2,1H3. The minimum Gasteiger partial charge on any atom is -0.468 e. The van der Waals surface area contributed by atoms with Gasteiger partial charge in [0.15, 0.2) is 0 Å². The minimum atomic E-state index is 0.874. The van der Waals surface area contributed by atoms with Crippen molar-refractivity contribution in [1.82, 2.24) is 10.3 Å². The normalized spacial score (nSPS) is 10.6. The number of hydrogen-bond donors (Lipinski definition) is 1. The number of thioether (sulfide) groups is 1. The Labute approximate surface area is 106 Å². The number of aryl methyl sites for hydroxylation is 1. The predicted molar refractivity (Wildman–Crippen MR) is 70.1 cm³/mol. The fourth-order valence-corrected chi connectivity index (χ4v) is 2.36. The van der Waals surface area contributed by atoms with Crippen LogP contribution in [0.4, 0.5) is 0 Å². The monoisotopic (exact) mass is 248 g/mol. The van der Waals surface area contributed by atoms with Crippen LogP contribution in [0.2, 0.25) is 0 Å². The van der Waals surface area contributed by atoms with E-state index in [4.69, 9.17) is 4.42 Å². The van der Waals surface area contributed by atoms with Crippen molar-refractivity contribution in [3.05, 3.63) is 48.2 Å². The van der Waals surface area contributed by atoms with E-state index in [9.17, 15) is 0 Å². The lowest BCUT2D eigenvalue weighted by atomic mass is 10.3. The maximum absolute atomic E-state index is 5.24. The van der Waals surface area contributed by atoms with Crippen molar-refractivity contribution in [2.75, 3.05) is 12.3 Å². The number of rotatable bonds is 6. The summed E-state index contributed by atoms with van der Waals surface area (Å²) in [6, 6.07) is 6.05. The number of aromatic nitrogens is 1. The van der Waals surface area contributed by atoms with E-state index in [0.29, 0.717) is 0 Å². The molecule has 0 unspecified atom stereocenters. The van der Waals surface area contributed by atoms with Crippen LogP contribution in [0.5, 0.6) is 0 Å². The van der Waals surface area contributed by atoms with Gasteiger partial charge >= 0.3 is 0 Å². The van der Waals surface area contributed by atoms with Crippen molar-refractivity contribution in [3.63, 3.8) is 0 Å². The highest BCUT2D eigenvalue weighted by Gasteiger charge is 2.00. The lowest BCUT2D eigenvalue weighted by Crippen LogP contribution is -2.16. The topological polar surface area (TPSA) is 38.1 Å². The molecule has 0 bridgehead atoms. The Morgan fingerprint density at radius 1 is 1.41 bits per heavy atom. The summed E-state index contributed by atoms with van der Waals surface area (Å²) in [5.41, 5.74) is 1.22. The quantitative estimate of drug-likeness (QED) is 0.630. The predicted octanol–water partition coefficient (Wildman–Crippen LogP) is 2.86. The van der Waals surface area contributed by atoms with Gasteiger partial charge in [0.25, 0.3) is 0 Å². The van der Waals surface area contributed by atoms with E-state index in [0.717, 1.165) is 24.6 Å². The molecular formula is C13H16N2OS. The molecule has 0 radical (unpaired) electrons. The van der Waals surface area contributed by atoms with Crippen LogP contribution in [-0.2, 0) is 6.54 Å². The molecule has 2 aromatic heterocycles. The molecule has 0 aliphatic heterocycles. The molecule has 0 aromatic carbocycles. The van der Waals surface area contributed by atoms with Crippen LogP contribution in [0.25, 0.3) is 0 Å². The zero-order valence-electron chi connectivity index (χ0n) is 9.85. The highest BCUT2D eigenvalue weighted by atomic mass is 32.2. The summed E-state index contributed by atoms with van der Waals surface area (Å²) >= 11 is 1.82. The van der Waals surface area contributed by atoms with Crippen molar-refractivity contribution >= 4 is 11.8 Å². The van der Waals surface area contributed by atoms with Gasteiger partial charge in [-0.15, -0.1) is 11.8 Å². The van der Waals surface area contributed by atoms with Crippen molar-refractivity contribution in [3.8, 4) is 0 Å². The van der Waals surface area contributed by atoms with Gasteiger partial charge in [-0.3, -0.25) is 4.98 Å². The van der Waals surface area contributed by atoms with Gasteiger partial charge in [-0.05, 0) is 24.6 Å². The van der Waals surface area contributed by atoms with Gasteiger partial charge in [-0.1, -0.05) is 6.07 Å². The van der Waals surface area contributed by atoms with E-state index >= 15 is 0 Å². The van der Waals surface area contributed by atoms with Gasteiger partial charge in [-0.2, -0.15) is 0 Å². The third kappa shape index (κ3) is 3.91. The van der Waals surface area contributed by atoms with E-state index in [1.807, 2.05) is 37.0 Å². The second-order valence-electron chi connectivity index (χ2n) is 3.73. The van der Waals surface area contributed by atoms with Crippen LogP contribution in [-0.4, -0.2) is 17.3 Å². The van der Waals surface area contributed by atoms with Gasteiger partial charge in [0.1, 0.15) is 5.76 Å². The summed E-state index contributed by atoms with van der Waals surface area (Å²) in [5.74, 6) is 2.04. The van der Waals surface area contributed by atoms with E-state index in [-0.39, 0.29) is 0 Å². The number of nitrogens with one attached hydrogen (secondary N) is 1. The van der Waals surface area contributed by atoms with Crippen LogP contribution in [0.15, 0.2) is 46.2 Å². The Kier molecular flexibility index (Phi) is 4.64. The third-order valence-corrected chi connectivity index (χ3v) is 3.54. The average Bonchev–Trinajstić information content (AvgIpc) is 2.76. The Morgan fingerprint density at radius 3 is 3.06 bits per heavy atom. The molecule has 0 saturated carbocycles. The summed E-state index contributed by atoms with van der Waals surface area (Å²) in [4.78, 5) is 5.31. The van der Waals surface area contributed by atoms with Crippen LogP contribution >= 0.6 is 11.8 Å². The molecule has 1 N–H and O–H groups in total. The number of hydrogen-bond acceptors (Lipinski definition) is 4. The van der Waals surface area contributed by atoms with Crippen molar-refractivity contribution in [2.24, 2.45) is 0 Å². The van der Waals surface area contributed by atoms with E-state index in [2.05, 4.69) is 16.4 Å². The van der Waals surface area contributed by atoms with Crippen molar-refractivity contribution in [2.45, 2.75) is 18.4 Å². The molecule has 0 saturated heterocycles. The Bertz CT molecular complexity index is 442. The molecule has 0 aliphatic rings. The number of furan rings is 1. The van der Waals surface area contributed by atoms with E-state index in [1.54, 1.807) is 12.5 Å². The highest BCUT2D eigenvalue weighted by Crippen LogP contribution is 2.22. The molecule has 3 nitrogen and oxygen atoms in total. The zero-order chi connectivity index (χ0) is 11.9.